The number of primary amides is 1. The molecule has 0 saturated heterocycles. The number of nitrogens with one attached hydrogen (secondary N) is 1. The van der Waals surface area contributed by atoms with Crippen LogP contribution in [0.25, 0.3) is 0 Å². The molecule has 5 nitrogen and oxygen atoms in total. The Kier molecular flexibility index (Phi) is 4.44. The van der Waals surface area contributed by atoms with Crippen LogP contribution in [0.2, 0.25) is 5.02 Å². The summed E-state index contributed by atoms with van der Waals surface area (Å²) in [7, 11) is 0. The Morgan fingerprint density at radius 3 is 2.80 bits per heavy atom. The monoisotopic (exact) mass is 300 g/mol. The Morgan fingerprint density at radius 1 is 1.50 bits per heavy atom. The molecule has 0 radical (unpaired) electrons. The van der Waals surface area contributed by atoms with Gasteiger partial charge in [-0.15, -0.1) is 0 Å². The van der Waals surface area contributed by atoms with Crippen LogP contribution in [-0.2, 0) is 16.1 Å². The molecular weight excluding hydrogens is 287 g/mol. The standard InChI is InChI=1S/C13H14ClFN2O3/c14-9-3-1-2-8(10(9)15)6-17-12(18)11(7-4-5-7)20-13(16)19/h1-3,7,11H,4-6H2,(H2,16,19)(H,17,18). The van der Waals surface area contributed by atoms with Crippen LogP contribution in [0.3, 0.4) is 0 Å². The van der Waals surface area contributed by atoms with Gasteiger partial charge in [0.1, 0.15) is 5.82 Å². The van der Waals surface area contributed by atoms with E-state index in [4.69, 9.17) is 22.1 Å². The van der Waals surface area contributed by atoms with Gasteiger partial charge in [-0.25, -0.2) is 9.18 Å². The van der Waals surface area contributed by atoms with E-state index in [0.29, 0.717) is 0 Å². The average molecular weight is 301 g/mol. The van der Waals surface area contributed by atoms with Crippen molar-refractivity contribution >= 4 is 23.6 Å². The summed E-state index contributed by atoms with van der Waals surface area (Å²) in [5.74, 6) is -1.06. The van der Waals surface area contributed by atoms with Crippen LogP contribution in [0.5, 0.6) is 0 Å². The first kappa shape index (κ1) is 14.6. The second kappa shape index (κ2) is 6.09. The predicted molar refractivity (Wildman–Crippen MR) is 70.4 cm³/mol. The molecule has 0 spiro atoms. The molecule has 20 heavy (non-hydrogen) atoms. The van der Waals surface area contributed by atoms with E-state index in [1.807, 2.05) is 0 Å². The zero-order chi connectivity index (χ0) is 14.7. The quantitative estimate of drug-likeness (QED) is 0.872. The van der Waals surface area contributed by atoms with E-state index in [-0.39, 0.29) is 23.0 Å². The summed E-state index contributed by atoms with van der Waals surface area (Å²) in [5.41, 5.74) is 5.19. The number of halogens is 2. The molecule has 1 fully saturated rings. The van der Waals surface area contributed by atoms with E-state index >= 15 is 0 Å². The van der Waals surface area contributed by atoms with E-state index in [1.165, 1.54) is 12.1 Å². The number of amides is 2. The molecule has 1 aromatic rings. The summed E-state index contributed by atoms with van der Waals surface area (Å²) in [6, 6.07) is 4.53. The number of hydrogen-bond acceptors (Lipinski definition) is 3. The fourth-order valence-corrected chi connectivity index (χ4v) is 2.05. The third-order valence-electron chi connectivity index (χ3n) is 3.04. The van der Waals surface area contributed by atoms with Gasteiger partial charge in [-0.3, -0.25) is 4.79 Å². The van der Waals surface area contributed by atoms with Gasteiger partial charge in [0.2, 0.25) is 0 Å². The molecule has 1 aliphatic rings. The van der Waals surface area contributed by atoms with E-state index in [2.05, 4.69) is 5.32 Å². The van der Waals surface area contributed by atoms with Crippen molar-refractivity contribution in [2.45, 2.75) is 25.5 Å². The van der Waals surface area contributed by atoms with E-state index in [0.717, 1.165) is 12.8 Å². The molecule has 0 aromatic heterocycles. The van der Waals surface area contributed by atoms with Gasteiger partial charge in [0, 0.05) is 18.0 Å². The van der Waals surface area contributed by atoms with Crippen LogP contribution < -0.4 is 11.1 Å². The summed E-state index contributed by atoms with van der Waals surface area (Å²) in [5, 5.41) is 2.51. The predicted octanol–water partition coefficient (Wildman–Crippen LogP) is 1.97. The highest BCUT2D eigenvalue weighted by Gasteiger charge is 2.38. The Morgan fingerprint density at radius 2 is 2.20 bits per heavy atom. The molecule has 2 amide bonds. The van der Waals surface area contributed by atoms with Gasteiger partial charge >= 0.3 is 6.09 Å². The Balaban J connectivity index is 1.96. The average Bonchev–Trinajstić information content (AvgIpc) is 3.21. The number of ether oxygens (including phenoxy) is 1. The van der Waals surface area contributed by atoms with Crippen molar-refractivity contribution in [3.63, 3.8) is 0 Å². The maximum absolute atomic E-state index is 13.6. The lowest BCUT2D eigenvalue weighted by molar-refractivity contribution is -0.130. The van der Waals surface area contributed by atoms with Crippen LogP contribution >= 0.6 is 11.6 Å². The van der Waals surface area contributed by atoms with Crippen LogP contribution in [-0.4, -0.2) is 18.1 Å². The highest BCUT2D eigenvalue weighted by molar-refractivity contribution is 6.30. The smallest absolute Gasteiger partial charge is 0.405 e. The topological polar surface area (TPSA) is 81.4 Å². The second-order valence-electron chi connectivity index (χ2n) is 4.63. The molecule has 0 bridgehead atoms. The lowest BCUT2D eigenvalue weighted by Gasteiger charge is -2.16. The summed E-state index contributed by atoms with van der Waals surface area (Å²) in [4.78, 5) is 22.7. The Labute approximate surface area is 120 Å². The highest BCUT2D eigenvalue weighted by atomic mass is 35.5. The van der Waals surface area contributed by atoms with Crippen molar-refractivity contribution in [1.29, 1.82) is 0 Å². The van der Waals surface area contributed by atoms with Crippen molar-refractivity contribution in [2.24, 2.45) is 11.7 Å². The van der Waals surface area contributed by atoms with E-state index in [1.54, 1.807) is 6.07 Å². The first-order valence-corrected chi connectivity index (χ1v) is 6.53. The Hall–Kier alpha value is -1.82. The number of nitrogens with two attached hydrogens (primary N) is 1. The summed E-state index contributed by atoms with van der Waals surface area (Å²) < 4.78 is 18.4. The van der Waals surface area contributed by atoms with Gasteiger partial charge < -0.3 is 15.8 Å². The van der Waals surface area contributed by atoms with Crippen LogP contribution in [0, 0.1) is 11.7 Å². The minimum atomic E-state index is -0.994. The summed E-state index contributed by atoms with van der Waals surface area (Å²) in [6.45, 7) is -0.0312. The molecule has 0 heterocycles. The molecule has 1 saturated carbocycles. The minimum Gasteiger partial charge on any atom is -0.436 e. The van der Waals surface area contributed by atoms with Crippen molar-refractivity contribution < 1.29 is 18.7 Å². The van der Waals surface area contributed by atoms with Crippen LogP contribution in [0.15, 0.2) is 18.2 Å². The van der Waals surface area contributed by atoms with Crippen molar-refractivity contribution in [3.8, 4) is 0 Å². The molecule has 1 aliphatic carbocycles. The van der Waals surface area contributed by atoms with Crippen LogP contribution in [0.4, 0.5) is 9.18 Å². The zero-order valence-corrected chi connectivity index (χ0v) is 11.3. The molecule has 1 atom stereocenters. The molecular formula is C13H14ClFN2O3. The minimum absolute atomic E-state index is 0.00768. The SMILES string of the molecule is NC(=O)OC(C(=O)NCc1cccc(Cl)c1F)C1CC1. The van der Waals surface area contributed by atoms with Crippen molar-refractivity contribution in [1.82, 2.24) is 5.32 Å². The van der Waals surface area contributed by atoms with E-state index < -0.39 is 23.9 Å². The first-order chi connectivity index (χ1) is 9.49. The first-order valence-electron chi connectivity index (χ1n) is 6.15. The number of benzene rings is 1. The number of carbonyl (C=O) groups excluding carboxylic acids is 2. The third kappa shape index (κ3) is 3.60. The van der Waals surface area contributed by atoms with Gasteiger partial charge in [0.25, 0.3) is 5.91 Å². The Bertz CT molecular complexity index is 534. The number of rotatable bonds is 5. The van der Waals surface area contributed by atoms with Crippen molar-refractivity contribution in [3.05, 3.63) is 34.6 Å². The molecule has 2 rings (SSSR count). The van der Waals surface area contributed by atoms with Crippen molar-refractivity contribution in [2.75, 3.05) is 0 Å². The summed E-state index contributed by atoms with van der Waals surface area (Å²) >= 11 is 5.65. The third-order valence-corrected chi connectivity index (χ3v) is 3.33. The maximum Gasteiger partial charge on any atom is 0.405 e. The largest absolute Gasteiger partial charge is 0.436 e. The fraction of sp³-hybridized carbons (Fsp3) is 0.385. The zero-order valence-electron chi connectivity index (χ0n) is 10.6. The fourth-order valence-electron chi connectivity index (χ4n) is 1.86. The summed E-state index contributed by atoms with van der Waals surface area (Å²) in [6.07, 6.45) is -0.297. The molecule has 3 N–H and O–H groups in total. The number of carbonyl (C=O) groups is 2. The molecule has 108 valence electrons. The maximum atomic E-state index is 13.6. The van der Waals surface area contributed by atoms with Gasteiger partial charge in [-0.1, -0.05) is 23.7 Å². The van der Waals surface area contributed by atoms with Gasteiger partial charge in [0.05, 0.1) is 5.02 Å². The van der Waals surface area contributed by atoms with Crippen LogP contribution in [0.1, 0.15) is 18.4 Å². The lowest BCUT2D eigenvalue weighted by atomic mass is 10.2. The van der Waals surface area contributed by atoms with Gasteiger partial charge in [0.15, 0.2) is 6.10 Å². The normalized spacial score (nSPS) is 15.5. The number of hydrogen-bond donors (Lipinski definition) is 2. The van der Waals surface area contributed by atoms with Gasteiger partial charge in [-0.2, -0.15) is 0 Å². The highest BCUT2D eigenvalue weighted by Crippen LogP contribution is 2.34. The van der Waals surface area contributed by atoms with Gasteiger partial charge in [-0.05, 0) is 18.9 Å². The molecule has 1 aromatic carbocycles. The molecule has 0 aliphatic heterocycles. The molecule has 7 heteroatoms. The second-order valence-corrected chi connectivity index (χ2v) is 5.03. The molecule has 1 unspecified atom stereocenters. The van der Waals surface area contributed by atoms with E-state index in [9.17, 15) is 14.0 Å². The lowest BCUT2D eigenvalue weighted by Crippen LogP contribution is -2.40.